The number of aliphatic hydroxyl groups is 1. The maximum atomic E-state index is 9.36. The van der Waals surface area contributed by atoms with E-state index in [0.717, 1.165) is 45.1 Å². The molecule has 0 aromatic rings. The average Bonchev–Trinajstić information content (AvgIpc) is 2.31. The predicted octanol–water partition coefficient (Wildman–Crippen LogP) is 1.31. The number of hydrogen-bond acceptors (Lipinski definition) is 4. The van der Waals surface area contributed by atoms with Gasteiger partial charge in [0, 0.05) is 19.5 Å². The van der Waals surface area contributed by atoms with Crippen molar-refractivity contribution in [3.8, 4) is 6.07 Å². The van der Waals surface area contributed by atoms with E-state index in [1.165, 1.54) is 12.8 Å². The van der Waals surface area contributed by atoms with E-state index < -0.39 is 0 Å². The number of hydrogen-bond donors (Lipinski definition) is 1. The molecule has 1 fully saturated rings. The summed E-state index contributed by atoms with van der Waals surface area (Å²) in [4.78, 5) is 4.71. The Hall–Kier alpha value is -0.630. The molecule has 4 heteroatoms. The Balaban J connectivity index is 2.13. The number of nitriles is 1. The van der Waals surface area contributed by atoms with Crippen LogP contribution in [0.5, 0.6) is 0 Å². The minimum Gasteiger partial charge on any atom is -0.392 e. The summed E-state index contributed by atoms with van der Waals surface area (Å²) in [5.74, 6) is 0.780. The van der Waals surface area contributed by atoms with Crippen LogP contribution in [-0.4, -0.2) is 60.8 Å². The zero-order valence-electron chi connectivity index (χ0n) is 11.8. The van der Waals surface area contributed by atoms with Crippen LogP contribution in [-0.2, 0) is 0 Å². The monoisotopic (exact) mass is 253 g/mol. The van der Waals surface area contributed by atoms with Crippen LogP contribution < -0.4 is 0 Å². The minimum absolute atomic E-state index is 0.213. The second-order valence-electron chi connectivity index (χ2n) is 5.62. The van der Waals surface area contributed by atoms with Crippen molar-refractivity contribution < 1.29 is 5.11 Å². The van der Waals surface area contributed by atoms with E-state index in [1.54, 1.807) is 0 Å². The summed E-state index contributed by atoms with van der Waals surface area (Å²) in [5.41, 5.74) is 0. The lowest BCUT2D eigenvalue weighted by Gasteiger charge is -2.34. The summed E-state index contributed by atoms with van der Waals surface area (Å²) in [7, 11) is 2.15. The number of likely N-dealkylation sites (tertiary alicyclic amines) is 1. The topological polar surface area (TPSA) is 50.5 Å². The van der Waals surface area contributed by atoms with E-state index in [0.29, 0.717) is 6.42 Å². The second-order valence-corrected chi connectivity index (χ2v) is 5.62. The van der Waals surface area contributed by atoms with Gasteiger partial charge in [-0.3, -0.25) is 0 Å². The summed E-state index contributed by atoms with van der Waals surface area (Å²) in [5, 5.41) is 17.9. The highest BCUT2D eigenvalue weighted by molar-refractivity contribution is 4.76. The molecule has 4 nitrogen and oxygen atoms in total. The van der Waals surface area contributed by atoms with Crippen molar-refractivity contribution >= 4 is 0 Å². The van der Waals surface area contributed by atoms with Crippen LogP contribution in [0.1, 0.15) is 32.6 Å². The van der Waals surface area contributed by atoms with E-state index in [9.17, 15) is 5.11 Å². The first-order valence-electron chi connectivity index (χ1n) is 7.07. The SMILES string of the molecule is CC(O)CN1CCC(CN(C)CCCC#N)CC1. The van der Waals surface area contributed by atoms with Gasteiger partial charge in [-0.1, -0.05) is 0 Å². The van der Waals surface area contributed by atoms with Gasteiger partial charge in [0.25, 0.3) is 0 Å². The number of β-amino-alcohol motifs (C(OH)–C–C–N with tert-alkyl or cyclic N) is 1. The van der Waals surface area contributed by atoms with Crippen molar-refractivity contribution in [3.63, 3.8) is 0 Å². The van der Waals surface area contributed by atoms with Crippen molar-refractivity contribution in [2.75, 3.05) is 39.8 Å². The number of nitrogens with zero attached hydrogens (tertiary/aromatic N) is 3. The molecule has 1 aliphatic heterocycles. The lowest BCUT2D eigenvalue weighted by Crippen LogP contribution is -2.40. The molecule has 0 saturated carbocycles. The van der Waals surface area contributed by atoms with Crippen molar-refractivity contribution in [1.82, 2.24) is 9.80 Å². The first kappa shape index (κ1) is 15.4. The third kappa shape index (κ3) is 6.34. The summed E-state index contributed by atoms with van der Waals surface area (Å²) in [6.07, 6.45) is 3.89. The first-order valence-corrected chi connectivity index (χ1v) is 7.07. The highest BCUT2D eigenvalue weighted by Crippen LogP contribution is 2.18. The highest BCUT2D eigenvalue weighted by atomic mass is 16.3. The molecule has 18 heavy (non-hydrogen) atoms. The molecule has 0 radical (unpaired) electrons. The molecule has 0 bridgehead atoms. The predicted molar refractivity (Wildman–Crippen MR) is 73.2 cm³/mol. The largest absolute Gasteiger partial charge is 0.392 e. The molecule has 1 aliphatic rings. The maximum Gasteiger partial charge on any atom is 0.0639 e. The van der Waals surface area contributed by atoms with E-state index in [-0.39, 0.29) is 6.10 Å². The standard InChI is InChI=1S/C14H27N3O/c1-13(18)11-17-9-5-14(6-10-17)12-16(2)8-4-3-7-15/h13-14,18H,3-6,8-12H2,1-2H3. The van der Waals surface area contributed by atoms with Gasteiger partial charge in [0.15, 0.2) is 0 Å². The summed E-state index contributed by atoms with van der Waals surface area (Å²) < 4.78 is 0. The zero-order chi connectivity index (χ0) is 13.4. The Kier molecular flexibility index (Phi) is 7.26. The normalized spacial score (nSPS) is 19.9. The van der Waals surface area contributed by atoms with Crippen LogP contribution in [0.2, 0.25) is 0 Å². The van der Waals surface area contributed by atoms with Crippen LogP contribution in [0, 0.1) is 17.2 Å². The van der Waals surface area contributed by atoms with Crippen LogP contribution in [0.3, 0.4) is 0 Å². The van der Waals surface area contributed by atoms with Gasteiger partial charge in [0.1, 0.15) is 0 Å². The smallest absolute Gasteiger partial charge is 0.0639 e. The fraction of sp³-hybridized carbons (Fsp3) is 0.929. The fourth-order valence-electron chi connectivity index (χ4n) is 2.69. The number of unbranched alkanes of at least 4 members (excludes halogenated alkanes) is 1. The molecular formula is C14H27N3O. The maximum absolute atomic E-state index is 9.36. The number of aliphatic hydroxyl groups excluding tert-OH is 1. The van der Waals surface area contributed by atoms with Gasteiger partial charge in [0.2, 0.25) is 0 Å². The van der Waals surface area contributed by atoms with Crippen molar-refractivity contribution in [3.05, 3.63) is 0 Å². The molecule has 0 amide bonds. The molecule has 1 N–H and O–H groups in total. The molecule has 0 aromatic heterocycles. The Bertz CT molecular complexity index is 254. The van der Waals surface area contributed by atoms with E-state index in [1.807, 2.05) is 6.92 Å². The van der Waals surface area contributed by atoms with Gasteiger partial charge in [0.05, 0.1) is 12.2 Å². The fourth-order valence-corrected chi connectivity index (χ4v) is 2.69. The molecule has 1 heterocycles. The number of piperidine rings is 1. The Labute approximate surface area is 111 Å². The molecule has 1 atom stereocenters. The highest BCUT2D eigenvalue weighted by Gasteiger charge is 2.20. The molecule has 0 aliphatic carbocycles. The van der Waals surface area contributed by atoms with Gasteiger partial charge in [-0.15, -0.1) is 0 Å². The Morgan fingerprint density at radius 1 is 1.44 bits per heavy atom. The van der Waals surface area contributed by atoms with Gasteiger partial charge in [-0.25, -0.2) is 0 Å². The first-order chi connectivity index (χ1) is 8.61. The second kappa shape index (κ2) is 8.47. The average molecular weight is 253 g/mol. The third-order valence-corrected chi connectivity index (χ3v) is 3.63. The molecule has 104 valence electrons. The van der Waals surface area contributed by atoms with E-state index >= 15 is 0 Å². The summed E-state index contributed by atoms with van der Waals surface area (Å²) in [6.45, 7) is 7.07. The van der Waals surface area contributed by atoms with E-state index in [2.05, 4.69) is 22.9 Å². The number of rotatable bonds is 7. The Morgan fingerprint density at radius 2 is 2.11 bits per heavy atom. The lowest BCUT2D eigenvalue weighted by molar-refractivity contribution is 0.0925. The zero-order valence-corrected chi connectivity index (χ0v) is 11.8. The summed E-state index contributed by atoms with van der Waals surface area (Å²) in [6, 6.07) is 2.19. The molecular weight excluding hydrogens is 226 g/mol. The van der Waals surface area contributed by atoms with Gasteiger partial charge in [-0.2, -0.15) is 5.26 Å². The van der Waals surface area contributed by atoms with Crippen LogP contribution in [0.4, 0.5) is 0 Å². The molecule has 0 spiro atoms. The lowest BCUT2D eigenvalue weighted by atomic mass is 9.96. The van der Waals surface area contributed by atoms with Gasteiger partial charge >= 0.3 is 0 Å². The quantitative estimate of drug-likeness (QED) is 0.695. The van der Waals surface area contributed by atoms with Crippen LogP contribution >= 0.6 is 0 Å². The Morgan fingerprint density at radius 3 is 2.67 bits per heavy atom. The van der Waals surface area contributed by atoms with Crippen LogP contribution in [0.25, 0.3) is 0 Å². The molecule has 0 aromatic carbocycles. The third-order valence-electron chi connectivity index (χ3n) is 3.63. The molecule has 1 unspecified atom stereocenters. The molecule has 1 rings (SSSR count). The van der Waals surface area contributed by atoms with E-state index in [4.69, 9.17) is 5.26 Å². The minimum atomic E-state index is -0.213. The van der Waals surface area contributed by atoms with Gasteiger partial charge in [-0.05, 0) is 58.8 Å². The van der Waals surface area contributed by atoms with Crippen molar-refractivity contribution in [2.24, 2.45) is 5.92 Å². The van der Waals surface area contributed by atoms with Crippen molar-refractivity contribution in [2.45, 2.75) is 38.7 Å². The van der Waals surface area contributed by atoms with Crippen LogP contribution in [0.15, 0.2) is 0 Å². The van der Waals surface area contributed by atoms with Gasteiger partial charge < -0.3 is 14.9 Å². The molecule has 1 saturated heterocycles. The summed E-state index contributed by atoms with van der Waals surface area (Å²) >= 11 is 0. The van der Waals surface area contributed by atoms with Crippen molar-refractivity contribution in [1.29, 1.82) is 5.26 Å².